The Morgan fingerprint density at radius 1 is 0.500 bits per heavy atom. The summed E-state index contributed by atoms with van der Waals surface area (Å²) in [6, 6.07) is 0.641. The highest BCUT2D eigenvalue weighted by atomic mass is 79.9. The Kier molecular flexibility index (Phi) is 41.4. The average Bonchev–Trinajstić information content (AvgIpc) is 3.09. The molecule has 0 aromatic heterocycles. The molecule has 0 aromatic rings. The van der Waals surface area contributed by atoms with E-state index in [1.165, 1.54) is 89.9 Å². The van der Waals surface area contributed by atoms with Gasteiger partial charge in [0, 0.05) is 50.0 Å². The smallest absolute Gasteiger partial charge is 0.222 e. The first-order valence-electron chi connectivity index (χ1n) is 21.3. The molecule has 296 valence electrons. The first-order valence-corrected chi connectivity index (χ1v) is 22.4. The fourth-order valence-electron chi connectivity index (χ4n) is 6.03. The standard InChI is InChI=1S/C22H42BrNO.C22H43NO2/c1-4-5-6-15-18-22(25)24(21(2)3)20-17-14-12-10-8-7-9-11-13-16-19-23;1-4-5-6-15-18-22(25)23(21(2)3)19-16-13-11-9-7-8-10-12-14-17-20-24/h8,10,21H,4-7,9,11-20H2,1-3H3;7,9,21,24H,4-6,8,10-20H2,1-3H3/b10-8-;9-7-. The fourth-order valence-corrected chi connectivity index (χ4v) is 6.43. The van der Waals surface area contributed by atoms with Crippen molar-refractivity contribution in [1.82, 2.24) is 9.80 Å². The number of alkyl halides is 1. The Balaban J connectivity index is 0. The molecule has 0 heterocycles. The lowest BCUT2D eigenvalue weighted by atomic mass is 10.1. The molecule has 6 heteroatoms. The van der Waals surface area contributed by atoms with E-state index in [9.17, 15) is 9.59 Å². The van der Waals surface area contributed by atoms with Gasteiger partial charge in [0.1, 0.15) is 0 Å². The molecule has 50 heavy (non-hydrogen) atoms. The van der Waals surface area contributed by atoms with Gasteiger partial charge in [0.2, 0.25) is 11.8 Å². The minimum absolute atomic E-state index is 0.313. The molecule has 0 atom stereocenters. The van der Waals surface area contributed by atoms with E-state index in [2.05, 4.69) is 91.6 Å². The Hall–Kier alpha value is -1.14. The summed E-state index contributed by atoms with van der Waals surface area (Å²) in [5.74, 6) is 0.689. The van der Waals surface area contributed by atoms with E-state index >= 15 is 0 Å². The third-order valence-electron chi connectivity index (χ3n) is 9.28. The average molecular weight is 770 g/mol. The van der Waals surface area contributed by atoms with Crippen LogP contribution in [0.4, 0.5) is 0 Å². The summed E-state index contributed by atoms with van der Waals surface area (Å²) in [6.07, 6.45) is 39.1. The van der Waals surface area contributed by atoms with Crippen molar-refractivity contribution in [3.05, 3.63) is 24.3 Å². The highest BCUT2D eigenvalue weighted by molar-refractivity contribution is 9.09. The zero-order chi connectivity index (χ0) is 37.5. The van der Waals surface area contributed by atoms with Gasteiger partial charge in [-0.05, 0) is 118 Å². The van der Waals surface area contributed by atoms with Crippen LogP contribution in [-0.4, -0.2) is 63.8 Å². The molecule has 1 N–H and O–H groups in total. The van der Waals surface area contributed by atoms with Crippen LogP contribution in [0.25, 0.3) is 0 Å². The second-order valence-corrected chi connectivity index (χ2v) is 15.5. The van der Waals surface area contributed by atoms with E-state index < -0.39 is 0 Å². The van der Waals surface area contributed by atoms with Crippen molar-refractivity contribution in [3.63, 3.8) is 0 Å². The molecule has 0 bridgehead atoms. The Bertz CT molecular complexity index is 719. The summed E-state index contributed by atoms with van der Waals surface area (Å²) in [5.41, 5.74) is 0. The SMILES string of the molecule is CCCCCCC(=O)N(CCCC/C=C\CCCCCCBr)C(C)C.CCCCCCC(=O)N(CCCC/C=C\CCCCCCO)C(C)C. The maximum Gasteiger partial charge on any atom is 0.222 e. The molecule has 0 unspecified atom stereocenters. The first kappa shape index (κ1) is 51.0. The number of carbonyl (C=O) groups is 2. The molecular weight excluding hydrogens is 684 g/mol. The summed E-state index contributed by atoms with van der Waals surface area (Å²) < 4.78 is 0. The van der Waals surface area contributed by atoms with Gasteiger partial charge in [0.05, 0.1) is 0 Å². The maximum atomic E-state index is 12.4. The van der Waals surface area contributed by atoms with E-state index in [4.69, 9.17) is 5.11 Å². The van der Waals surface area contributed by atoms with E-state index in [0.717, 1.165) is 89.0 Å². The van der Waals surface area contributed by atoms with Gasteiger partial charge in [-0.2, -0.15) is 0 Å². The summed E-state index contributed by atoms with van der Waals surface area (Å²) >= 11 is 3.48. The van der Waals surface area contributed by atoms with Crippen LogP contribution in [0.15, 0.2) is 24.3 Å². The first-order chi connectivity index (χ1) is 24.3. The van der Waals surface area contributed by atoms with Crippen LogP contribution < -0.4 is 0 Å². The van der Waals surface area contributed by atoms with E-state index in [1.807, 2.05) is 0 Å². The van der Waals surface area contributed by atoms with Gasteiger partial charge < -0.3 is 14.9 Å². The van der Waals surface area contributed by atoms with Crippen molar-refractivity contribution in [2.45, 2.75) is 221 Å². The highest BCUT2D eigenvalue weighted by Crippen LogP contribution is 2.13. The molecule has 0 aliphatic heterocycles. The van der Waals surface area contributed by atoms with Crippen LogP contribution in [0, 0.1) is 0 Å². The zero-order valence-corrected chi connectivity index (χ0v) is 35.8. The minimum atomic E-state index is 0.313. The van der Waals surface area contributed by atoms with E-state index in [1.54, 1.807) is 0 Å². The van der Waals surface area contributed by atoms with Crippen LogP contribution in [0.3, 0.4) is 0 Å². The lowest BCUT2D eigenvalue weighted by Gasteiger charge is -2.27. The van der Waals surface area contributed by atoms with Gasteiger partial charge in [-0.15, -0.1) is 0 Å². The van der Waals surface area contributed by atoms with Crippen LogP contribution in [0.2, 0.25) is 0 Å². The molecule has 0 aliphatic rings. The summed E-state index contributed by atoms with van der Waals surface area (Å²) in [7, 11) is 0. The Labute approximate surface area is 321 Å². The van der Waals surface area contributed by atoms with Crippen molar-refractivity contribution in [3.8, 4) is 0 Å². The molecule has 0 saturated carbocycles. The predicted molar refractivity (Wildman–Crippen MR) is 224 cm³/mol. The summed E-state index contributed by atoms with van der Waals surface area (Å²) in [5, 5.41) is 9.86. The van der Waals surface area contributed by atoms with Gasteiger partial charge in [-0.3, -0.25) is 9.59 Å². The van der Waals surface area contributed by atoms with Crippen LogP contribution in [0.1, 0.15) is 208 Å². The van der Waals surface area contributed by atoms with Crippen LogP contribution in [-0.2, 0) is 9.59 Å². The normalized spacial score (nSPS) is 11.6. The maximum absolute atomic E-state index is 12.4. The molecule has 0 radical (unpaired) electrons. The van der Waals surface area contributed by atoms with Crippen molar-refractivity contribution in [2.24, 2.45) is 0 Å². The fraction of sp³-hybridized carbons (Fsp3) is 0.864. The Morgan fingerprint density at radius 2 is 0.840 bits per heavy atom. The van der Waals surface area contributed by atoms with Gasteiger partial charge in [0.15, 0.2) is 0 Å². The number of halogens is 1. The van der Waals surface area contributed by atoms with E-state index in [-0.39, 0.29) is 0 Å². The number of nitrogens with zero attached hydrogens (tertiary/aromatic N) is 2. The minimum Gasteiger partial charge on any atom is -0.396 e. The molecule has 0 aliphatic carbocycles. The number of aliphatic hydroxyl groups excluding tert-OH is 1. The van der Waals surface area contributed by atoms with Crippen LogP contribution in [0.5, 0.6) is 0 Å². The lowest BCUT2D eigenvalue weighted by molar-refractivity contribution is -0.134. The molecule has 5 nitrogen and oxygen atoms in total. The molecule has 0 saturated heterocycles. The van der Waals surface area contributed by atoms with Gasteiger partial charge in [-0.25, -0.2) is 0 Å². The predicted octanol–water partition coefficient (Wildman–Crippen LogP) is 13.1. The van der Waals surface area contributed by atoms with Crippen molar-refractivity contribution >= 4 is 27.7 Å². The topological polar surface area (TPSA) is 60.9 Å². The monoisotopic (exact) mass is 769 g/mol. The number of hydrogen-bond acceptors (Lipinski definition) is 3. The van der Waals surface area contributed by atoms with Crippen molar-refractivity contribution in [2.75, 3.05) is 25.0 Å². The Morgan fingerprint density at radius 3 is 1.18 bits per heavy atom. The third kappa shape index (κ3) is 35.3. The second kappa shape index (κ2) is 40.6. The highest BCUT2D eigenvalue weighted by Gasteiger charge is 2.16. The number of carbonyl (C=O) groups excluding carboxylic acids is 2. The summed E-state index contributed by atoms with van der Waals surface area (Å²) in [6.45, 7) is 15.1. The zero-order valence-electron chi connectivity index (χ0n) is 34.2. The summed E-state index contributed by atoms with van der Waals surface area (Å²) in [4.78, 5) is 28.9. The number of rotatable bonds is 34. The molecule has 0 aromatic carbocycles. The van der Waals surface area contributed by atoms with Gasteiger partial charge in [-0.1, -0.05) is 118 Å². The van der Waals surface area contributed by atoms with Gasteiger partial charge >= 0.3 is 0 Å². The second-order valence-electron chi connectivity index (χ2n) is 14.7. The molecule has 0 spiro atoms. The largest absolute Gasteiger partial charge is 0.396 e. The molecule has 2 amide bonds. The van der Waals surface area contributed by atoms with Crippen molar-refractivity contribution in [1.29, 1.82) is 0 Å². The number of unbranched alkanes of at least 4 members (excludes halogenated alkanes) is 18. The van der Waals surface area contributed by atoms with Gasteiger partial charge in [0.25, 0.3) is 0 Å². The quantitative estimate of drug-likeness (QED) is 0.0403. The lowest BCUT2D eigenvalue weighted by Crippen LogP contribution is -2.37. The third-order valence-corrected chi connectivity index (χ3v) is 9.84. The number of hydrogen-bond donors (Lipinski definition) is 1. The number of amides is 2. The molecular formula is C44H85BrN2O3. The van der Waals surface area contributed by atoms with Crippen LogP contribution >= 0.6 is 15.9 Å². The molecule has 0 rings (SSSR count). The molecule has 0 fully saturated rings. The van der Waals surface area contributed by atoms with E-state index in [0.29, 0.717) is 36.9 Å². The number of aliphatic hydroxyl groups is 1. The van der Waals surface area contributed by atoms with Crippen molar-refractivity contribution < 1.29 is 14.7 Å². The number of allylic oxidation sites excluding steroid dienone is 4.